The van der Waals surface area contributed by atoms with Crippen molar-refractivity contribution in [1.82, 2.24) is 0 Å². The molecule has 0 saturated heterocycles. The summed E-state index contributed by atoms with van der Waals surface area (Å²) in [6, 6.07) is 6.36. The van der Waals surface area contributed by atoms with E-state index in [1.54, 1.807) is 7.11 Å². The molecule has 1 fully saturated rings. The van der Waals surface area contributed by atoms with Crippen molar-refractivity contribution >= 4 is 15.9 Å². The number of alkyl halides is 1. The lowest BCUT2D eigenvalue weighted by Gasteiger charge is -2.40. The molecule has 18 heavy (non-hydrogen) atoms. The van der Waals surface area contributed by atoms with Crippen LogP contribution in [0.2, 0.25) is 0 Å². The molecule has 0 aliphatic heterocycles. The van der Waals surface area contributed by atoms with Crippen LogP contribution < -0.4 is 4.74 Å². The van der Waals surface area contributed by atoms with Gasteiger partial charge in [0.25, 0.3) is 0 Å². The smallest absolute Gasteiger partial charge is 0.127 e. The van der Waals surface area contributed by atoms with Gasteiger partial charge in [-0.05, 0) is 36.1 Å². The maximum absolute atomic E-state index is 5.98. The van der Waals surface area contributed by atoms with E-state index in [1.807, 2.05) is 0 Å². The van der Waals surface area contributed by atoms with Gasteiger partial charge in [-0.2, -0.15) is 0 Å². The summed E-state index contributed by atoms with van der Waals surface area (Å²) in [4.78, 5) is 0.420. The van der Waals surface area contributed by atoms with Crippen LogP contribution in [0.15, 0.2) is 18.2 Å². The Labute approximate surface area is 118 Å². The van der Waals surface area contributed by atoms with E-state index in [1.165, 1.54) is 11.1 Å². The molecular formula is C15H21BrO2. The first-order valence-corrected chi connectivity index (χ1v) is 7.38. The van der Waals surface area contributed by atoms with Crippen LogP contribution in [0.5, 0.6) is 5.75 Å². The fourth-order valence-corrected chi connectivity index (χ4v) is 3.41. The van der Waals surface area contributed by atoms with Crippen LogP contribution in [-0.2, 0) is 4.74 Å². The molecule has 1 aromatic carbocycles. The van der Waals surface area contributed by atoms with E-state index in [0.717, 1.165) is 12.2 Å². The molecule has 2 nitrogen and oxygen atoms in total. The Kier molecular flexibility index (Phi) is 4.33. The summed E-state index contributed by atoms with van der Waals surface area (Å²) < 4.78 is 11.4. The zero-order chi connectivity index (χ0) is 13.3. The van der Waals surface area contributed by atoms with Crippen molar-refractivity contribution in [3.63, 3.8) is 0 Å². The minimum Gasteiger partial charge on any atom is -0.488 e. The lowest BCUT2D eigenvalue weighted by atomic mass is 9.91. The third-order valence-electron chi connectivity index (χ3n) is 3.60. The van der Waals surface area contributed by atoms with Gasteiger partial charge in [-0.1, -0.05) is 35.8 Å². The number of hydrogen-bond donors (Lipinski definition) is 0. The molecule has 1 aliphatic rings. The predicted octanol–water partition coefficient (Wildman–Crippen LogP) is 4.05. The second kappa shape index (κ2) is 5.62. The molecule has 100 valence electrons. The fourth-order valence-electron chi connectivity index (χ4n) is 2.49. The van der Waals surface area contributed by atoms with Crippen molar-refractivity contribution in [2.24, 2.45) is 0 Å². The molecule has 0 radical (unpaired) electrons. The van der Waals surface area contributed by atoms with Gasteiger partial charge >= 0.3 is 0 Å². The van der Waals surface area contributed by atoms with E-state index < -0.39 is 0 Å². The average Bonchev–Trinajstić information content (AvgIpc) is 2.28. The molecule has 0 N–H and O–H groups in total. The molecule has 0 spiro atoms. The number of methoxy groups -OCH3 is 1. The van der Waals surface area contributed by atoms with Crippen molar-refractivity contribution in [3.05, 3.63) is 29.3 Å². The van der Waals surface area contributed by atoms with Crippen LogP contribution in [0.3, 0.4) is 0 Å². The normalized spacial score (nSPS) is 27.1. The standard InChI is InChI=1S/C15H21BrO2/c1-9(2)12-6-5-11(7-10(12)3)18-14-8-13(16)15(14)17-4/h5-7,9,13-15H,8H2,1-4H3. The van der Waals surface area contributed by atoms with E-state index in [9.17, 15) is 0 Å². The average molecular weight is 313 g/mol. The molecule has 1 aliphatic carbocycles. The van der Waals surface area contributed by atoms with Crippen LogP contribution in [-0.4, -0.2) is 24.1 Å². The van der Waals surface area contributed by atoms with Gasteiger partial charge in [0, 0.05) is 18.4 Å². The van der Waals surface area contributed by atoms with Gasteiger partial charge in [0.2, 0.25) is 0 Å². The van der Waals surface area contributed by atoms with Crippen molar-refractivity contribution < 1.29 is 9.47 Å². The molecule has 3 atom stereocenters. The second-order valence-electron chi connectivity index (χ2n) is 5.28. The minimum atomic E-state index is 0.162. The Hall–Kier alpha value is -0.540. The first-order valence-electron chi connectivity index (χ1n) is 6.47. The molecule has 0 bridgehead atoms. The zero-order valence-electron chi connectivity index (χ0n) is 11.4. The van der Waals surface area contributed by atoms with Crippen LogP contribution in [0.4, 0.5) is 0 Å². The number of aryl methyl sites for hydroxylation is 1. The number of rotatable bonds is 4. The fraction of sp³-hybridized carbons (Fsp3) is 0.600. The quantitative estimate of drug-likeness (QED) is 0.781. The maximum atomic E-state index is 5.98. The highest BCUT2D eigenvalue weighted by atomic mass is 79.9. The lowest BCUT2D eigenvalue weighted by Crippen LogP contribution is -2.51. The predicted molar refractivity (Wildman–Crippen MR) is 77.8 cm³/mol. The maximum Gasteiger partial charge on any atom is 0.127 e. The summed E-state index contributed by atoms with van der Waals surface area (Å²) in [5, 5.41) is 0. The summed E-state index contributed by atoms with van der Waals surface area (Å²) in [5.41, 5.74) is 2.68. The topological polar surface area (TPSA) is 18.5 Å². The molecule has 1 aromatic rings. The SMILES string of the molecule is COC1C(Br)CC1Oc1ccc(C(C)C)c(C)c1. The first kappa shape index (κ1) is 13.9. The molecule has 3 heteroatoms. The third-order valence-corrected chi connectivity index (χ3v) is 4.50. The van der Waals surface area contributed by atoms with E-state index in [-0.39, 0.29) is 12.2 Å². The third kappa shape index (κ3) is 2.72. The van der Waals surface area contributed by atoms with Gasteiger partial charge in [-0.3, -0.25) is 0 Å². The van der Waals surface area contributed by atoms with Gasteiger partial charge in [0.05, 0.1) is 0 Å². The van der Waals surface area contributed by atoms with E-state index in [2.05, 4.69) is 54.9 Å². The highest BCUT2D eigenvalue weighted by molar-refractivity contribution is 9.09. The largest absolute Gasteiger partial charge is 0.488 e. The summed E-state index contributed by atoms with van der Waals surface area (Å²) in [6.07, 6.45) is 1.34. The molecule has 0 aromatic heterocycles. The Morgan fingerprint density at radius 3 is 2.56 bits per heavy atom. The molecule has 3 unspecified atom stereocenters. The van der Waals surface area contributed by atoms with Crippen molar-refractivity contribution in [2.75, 3.05) is 7.11 Å². The van der Waals surface area contributed by atoms with Gasteiger partial charge < -0.3 is 9.47 Å². The number of halogens is 1. The Balaban J connectivity index is 2.05. The number of hydrogen-bond acceptors (Lipinski definition) is 2. The van der Waals surface area contributed by atoms with Gasteiger partial charge in [-0.25, -0.2) is 0 Å². The van der Waals surface area contributed by atoms with Crippen molar-refractivity contribution in [2.45, 2.75) is 50.1 Å². The molecule has 0 heterocycles. The minimum absolute atomic E-state index is 0.162. The Morgan fingerprint density at radius 2 is 2.06 bits per heavy atom. The summed E-state index contributed by atoms with van der Waals surface area (Å²) in [6.45, 7) is 6.57. The summed E-state index contributed by atoms with van der Waals surface area (Å²) in [7, 11) is 1.74. The Morgan fingerprint density at radius 1 is 1.33 bits per heavy atom. The molecule has 1 saturated carbocycles. The van der Waals surface area contributed by atoms with Gasteiger partial charge in [-0.15, -0.1) is 0 Å². The van der Waals surface area contributed by atoms with Crippen LogP contribution >= 0.6 is 15.9 Å². The second-order valence-corrected chi connectivity index (χ2v) is 6.46. The van der Waals surface area contributed by atoms with E-state index in [4.69, 9.17) is 9.47 Å². The zero-order valence-corrected chi connectivity index (χ0v) is 13.0. The van der Waals surface area contributed by atoms with Crippen LogP contribution in [0.25, 0.3) is 0 Å². The van der Waals surface area contributed by atoms with Crippen molar-refractivity contribution in [3.8, 4) is 5.75 Å². The van der Waals surface area contributed by atoms with Gasteiger partial charge in [0.1, 0.15) is 18.0 Å². The molecular weight excluding hydrogens is 292 g/mol. The van der Waals surface area contributed by atoms with E-state index >= 15 is 0 Å². The highest BCUT2D eigenvalue weighted by Crippen LogP contribution is 2.34. The van der Waals surface area contributed by atoms with Crippen LogP contribution in [0, 0.1) is 6.92 Å². The summed E-state index contributed by atoms with van der Waals surface area (Å²) in [5.74, 6) is 1.50. The van der Waals surface area contributed by atoms with Crippen LogP contribution in [0.1, 0.15) is 37.3 Å². The molecule has 0 amide bonds. The lowest BCUT2D eigenvalue weighted by molar-refractivity contribution is -0.0545. The Bertz CT molecular complexity index is 417. The van der Waals surface area contributed by atoms with Crippen molar-refractivity contribution in [1.29, 1.82) is 0 Å². The monoisotopic (exact) mass is 312 g/mol. The number of benzene rings is 1. The summed E-state index contributed by atoms with van der Waals surface area (Å²) >= 11 is 3.58. The van der Waals surface area contributed by atoms with Gasteiger partial charge in [0.15, 0.2) is 0 Å². The molecule has 2 rings (SSSR count). The number of ether oxygens (including phenoxy) is 2. The van der Waals surface area contributed by atoms with E-state index in [0.29, 0.717) is 10.7 Å². The first-order chi connectivity index (χ1) is 8.52. The highest BCUT2D eigenvalue weighted by Gasteiger charge is 2.41.